The van der Waals surface area contributed by atoms with Gasteiger partial charge in [0.15, 0.2) is 5.82 Å². The summed E-state index contributed by atoms with van der Waals surface area (Å²) in [5.74, 6) is 1.73. The van der Waals surface area contributed by atoms with Crippen LogP contribution in [0.5, 0.6) is 0 Å². The summed E-state index contributed by atoms with van der Waals surface area (Å²) in [6, 6.07) is 42.2. The molecule has 0 fully saturated rings. The van der Waals surface area contributed by atoms with E-state index in [1.54, 1.807) is 0 Å². The highest BCUT2D eigenvalue weighted by Gasteiger charge is 2.21. The lowest BCUT2D eigenvalue weighted by Crippen LogP contribution is -2.05. The van der Waals surface area contributed by atoms with E-state index in [-0.39, 0.29) is 0 Å². The highest BCUT2D eigenvalue weighted by Crippen LogP contribution is 2.39. The second-order valence-corrected chi connectivity index (χ2v) is 10.1. The van der Waals surface area contributed by atoms with E-state index in [0.717, 1.165) is 49.7 Å². The van der Waals surface area contributed by atoms with Gasteiger partial charge in [0.2, 0.25) is 0 Å². The quantitative estimate of drug-likeness (QED) is 0.230. The minimum atomic E-state index is 0.496. The normalized spacial score (nSPS) is 11.1. The molecule has 0 N–H and O–H groups in total. The maximum Gasteiger partial charge on any atom is 0.166 e. The van der Waals surface area contributed by atoms with Crippen LogP contribution in [-0.4, -0.2) is 19.5 Å². The van der Waals surface area contributed by atoms with Gasteiger partial charge in [0, 0.05) is 10.8 Å². The second-order valence-electron chi connectivity index (χ2n) is 10.1. The Morgan fingerprint density at radius 1 is 0.561 bits per heavy atom. The molecule has 5 heteroatoms. The molecule has 0 saturated heterocycles. The van der Waals surface area contributed by atoms with Gasteiger partial charge in [0.1, 0.15) is 11.6 Å². The molecule has 7 aromatic rings. The topological polar surface area (TPSA) is 67.4 Å². The Hall–Kier alpha value is -5.60. The number of aromatic nitrogens is 4. The van der Waals surface area contributed by atoms with Crippen LogP contribution in [0, 0.1) is 25.2 Å². The minimum Gasteiger partial charge on any atom is -0.308 e. The number of rotatable bonds is 4. The van der Waals surface area contributed by atoms with Gasteiger partial charge in [0.25, 0.3) is 0 Å². The van der Waals surface area contributed by atoms with E-state index in [0.29, 0.717) is 28.6 Å². The molecule has 41 heavy (non-hydrogen) atoms. The standard InChI is InChI=1S/C36H25N5/c1-23-38-24(2)40-36(39-23)35-29(22-37)14-9-15-32(35)41-33-20-27(25-10-5-3-6-11-25)16-18-30(33)31-19-17-28(21-34(31)41)26-12-7-4-8-13-26/h3-21H,1-2H3. The summed E-state index contributed by atoms with van der Waals surface area (Å²) in [5, 5.41) is 12.5. The van der Waals surface area contributed by atoms with Crippen LogP contribution in [0.4, 0.5) is 0 Å². The smallest absolute Gasteiger partial charge is 0.166 e. The van der Waals surface area contributed by atoms with Gasteiger partial charge >= 0.3 is 0 Å². The predicted octanol–water partition coefficient (Wildman–Crippen LogP) is 8.46. The van der Waals surface area contributed by atoms with Crippen molar-refractivity contribution in [1.82, 2.24) is 19.5 Å². The van der Waals surface area contributed by atoms with Crippen LogP contribution in [0.1, 0.15) is 17.2 Å². The maximum atomic E-state index is 10.2. The van der Waals surface area contributed by atoms with Crippen LogP contribution in [0.15, 0.2) is 115 Å². The van der Waals surface area contributed by atoms with Gasteiger partial charge in [-0.1, -0.05) is 91.0 Å². The molecule has 2 aromatic heterocycles. The molecular formula is C36H25N5. The van der Waals surface area contributed by atoms with E-state index in [4.69, 9.17) is 0 Å². The Morgan fingerprint density at radius 2 is 1.10 bits per heavy atom. The molecule has 0 saturated carbocycles. The Morgan fingerprint density at radius 3 is 1.61 bits per heavy atom. The molecule has 0 spiro atoms. The van der Waals surface area contributed by atoms with Crippen molar-refractivity contribution >= 4 is 21.8 Å². The number of hydrogen-bond donors (Lipinski definition) is 0. The highest BCUT2D eigenvalue weighted by atomic mass is 15.0. The zero-order valence-corrected chi connectivity index (χ0v) is 22.7. The fourth-order valence-electron chi connectivity index (χ4n) is 5.68. The van der Waals surface area contributed by atoms with Crippen molar-refractivity contribution in [2.24, 2.45) is 0 Å². The molecule has 5 aromatic carbocycles. The Kier molecular flexibility index (Phi) is 5.88. The van der Waals surface area contributed by atoms with Gasteiger partial charge in [-0.2, -0.15) is 5.26 Å². The first-order valence-electron chi connectivity index (χ1n) is 13.5. The van der Waals surface area contributed by atoms with Crippen molar-refractivity contribution in [3.05, 3.63) is 132 Å². The van der Waals surface area contributed by atoms with Crippen LogP contribution in [0.2, 0.25) is 0 Å². The number of aryl methyl sites for hydroxylation is 2. The summed E-state index contributed by atoms with van der Waals surface area (Å²) in [4.78, 5) is 13.8. The summed E-state index contributed by atoms with van der Waals surface area (Å²) < 4.78 is 2.26. The number of benzene rings is 5. The third-order valence-corrected chi connectivity index (χ3v) is 7.47. The van der Waals surface area contributed by atoms with Gasteiger partial charge in [-0.05, 0) is 60.4 Å². The van der Waals surface area contributed by atoms with Gasteiger partial charge in [-0.15, -0.1) is 0 Å². The number of fused-ring (bicyclic) bond motifs is 3. The molecule has 7 rings (SSSR count). The fourth-order valence-corrected chi connectivity index (χ4v) is 5.68. The number of nitrogens with zero attached hydrogens (tertiary/aromatic N) is 5. The molecule has 0 radical (unpaired) electrons. The van der Waals surface area contributed by atoms with Crippen LogP contribution in [0.3, 0.4) is 0 Å². The van der Waals surface area contributed by atoms with E-state index in [1.807, 2.05) is 44.2 Å². The van der Waals surface area contributed by atoms with E-state index in [2.05, 4.69) is 111 Å². The molecule has 0 amide bonds. The van der Waals surface area contributed by atoms with Crippen molar-refractivity contribution in [3.63, 3.8) is 0 Å². The van der Waals surface area contributed by atoms with Crippen molar-refractivity contribution in [2.45, 2.75) is 13.8 Å². The molecule has 0 aliphatic heterocycles. The number of nitriles is 1. The third-order valence-electron chi connectivity index (χ3n) is 7.47. The van der Waals surface area contributed by atoms with Gasteiger partial charge in [-0.25, -0.2) is 15.0 Å². The van der Waals surface area contributed by atoms with Crippen LogP contribution in [0.25, 0.3) is 61.1 Å². The molecule has 0 bridgehead atoms. The molecule has 0 atom stereocenters. The largest absolute Gasteiger partial charge is 0.308 e. The average molecular weight is 528 g/mol. The van der Waals surface area contributed by atoms with Crippen LogP contribution < -0.4 is 0 Å². The highest BCUT2D eigenvalue weighted by molar-refractivity contribution is 6.11. The first-order chi connectivity index (χ1) is 20.1. The number of hydrogen-bond acceptors (Lipinski definition) is 4. The lowest BCUT2D eigenvalue weighted by molar-refractivity contribution is 0.926. The van der Waals surface area contributed by atoms with Crippen molar-refractivity contribution < 1.29 is 0 Å². The Bertz CT molecular complexity index is 2000. The SMILES string of the molecule is Cc1nc(C)nc(-c2c(C#N)cccc2-n2c3cc(-c4ccccc4)ccc3c3ccc(-c4ccccc4)cc32)n1. The second kappa shape index (κ2) is 9.86. The van der Waals surface area contributed by atoms with Crippen LogP contribution >= 0.6 is 0 Å². The minimum absolute atomic E-state index is 0.496. The van der Waals surface area contributed by atoms with E-state index < -0.39 is 0 Å². The molecule has 5 nitrogen and oxygen atoms in total. The first-order valence-corrected chi connectivity index (χ1v) is 13.5. The first kappa shape index (κ1) is 24.4. The van der Waals surface area contributed by atoms with Crippen LogP contribution in [-0.2, 0) is 0 Å². The zero-order valence-electron chi connectivity index (χ0n) is 22.7. The molecular weight excluding hydrogens is 502 g/mol. The van der Waals surface area contributed by atoms with E-state index in [1.165, 1.54) is 0 Å². The van der Waals surface area contributed by atoms with E-state index >= 15 is 0 Å². The summed E-state index contributed by atoms with van der Waals surface area (Å²) in [7, 11) is 0. The molecule has 2 heterocycles. The zero-order chi connectivity index (χ0) is 27.9. The van der Waals surface area contributed by atoms with Gasteiger partial charge in [-0.3, -0.25) is 0 Å². The van der Waals surface area contributed by atoms with E-state index in [9.17, 15) is 5.26 Å². The summed E-state index contributed by atoms with van der Waals surface area (Å²) >= 11 is 0. The summed E-state index contributed by atoms with van der Waals surface area (Å²) in [5.41, 5.74) is 8.68. The van der Waals surface area contributed by atoms with Crippen molar-refractivity contribution in [1.29, 1.82) is 5.26 Å². The molecule has 0 aliphatic carbocycles. The summed E-state index contributed by atoms with van der Waals surface area (Å²) in [6.45, 7) is 3.71. The maximum absolute atomic E-state index is 10.2. The summed E-state index contributed by atoms with van der Waals surface area (Å²) in [6.07, 6.45) is 0. The molecule has 0 unspecified atom stereocenters. The molecule has 194 valence electrons. The van der Waals surface area contributed by atoms with Gasteiger partial charge < -0.3 is 4.57 Å². The van der Waals surface area contributed by atoms with Crippen molar-refractivity contribution in [2.75, 3.05) is 0 Å². The Labute approximate surface area is 238 Å². The lowest BCUT2D eigenvalue weighted by Gasteiger charge is -2.15. The van der Waals surface area contributed by atoms with Gasteiger partial charge in [0.05, 0.1) is 33.9 Å². The van der Waals surface area contributed by atoms with Crippen molar-refractivity contribution in [3.8, 4) is 45.4 Å². The third kappa shape index (κ3) is 4.23. The fraction of sp³-hybridized carbons (Fsp3) is 0.0556. The molecule has 0 aliphatic rings. The lowest BCUT2D eigenvalue weighted by atomic mass is 10.0. The predicted molar refractivity (Wildman–Crippen MR) is 165 cm³/mol. The average Bonchev–Trinajstić information content (AvgIpc) is 3.33. The Balaban J connectivity index is 1.61. The monoisotopic (exact) mass is 527 g/mol.